The number of hydrogen-bond acceptors (Lipinski definition) is 12. The van der Waals surface area contributed by atoms with Gasteiger partial charge in [-0.1, -0.05) is 37.6 Å². The fourth-order valence-electron chi connectivity index (χ4n) is 8.93. The first-order valence-electron chi connectivity index (χ1n) is 21.6. The first-order chi connectivity index (χ1) is 29.4. The zero-order chi connectivity index (χ0) is 42.8. The van der Waals surface area contributed by atoms with Gasteiger partial charge in [0.15, 0.2) is 17.4 Å². The lowest BCUT2D eigenvalue weighted by atomic mass is 9.87. The first kappa shape index (κ1) is 42.8. The molecule has 2 aromatic heterocycles. The van der Waals surface area contributed by atoms with Crippen LogP contribution in [0.25, 0.3) is 0 Å². The van der Waals surface area contributed by atoms with Gasteiger partial charge in [-0.2, -0.15) is 4.98 Å². The average molecular weight is 870 g/mol. The number of benzene rings is 2. The molecule has 3 N–H and O–H groups in total. The van der Waals surface area contributed by atoms with E-state index in [0.717, 1.165) is 76.3 Å². The van der Waals surface area contributed by atoms with Crippen molar-refractivity contribution in [2.24, 2.45) is 0 Å². The molecule has 14 nitrogen and oxygen atoms in total. The van der Waals surface area contributed by atoms with Crippen molar-refractivity contribution in [2.45, 2.75) is 101 Å². The summed E-state index contributed by atoms with van der Waals surface area (Å²) in [7, 11) is -1.20. The van der Waals surface area contributed by atoms with Crippen LogP contribution in [0.4, 0.5) is 39.4 Å². The van der Waals surface area contributed by atoms with Gasteiger partial charge in [0.1, 0.15) is 5.02 Å². The van der Waals surface area contributed by atoms with Crippen LogP contribution >= 0.6 is 11.6 Å². The number of imide groups is 1. The van der Waals surface area contributed by atoms with E-state index in [-0.39, 0.29) is 23.3 Å². The zero-order valence-electron chi connectivity index (χ0n) is 35.7. The van der Waals surface area contributed by atoms with Crippen molar-refractivity contribution >= 4 is 69.0 Å². The highest BCUT2D eigenvalue weighted by molar-refractivity contribution is 7.85. The Kier molecular flexibility index (Phi) is 13.1. The third kappa shape index (κ3) is 9.80. The van der Waals surface area contributed by atoms with E-state index < -0.39 is 10.8 Å². The zero-order valence-corrected chi connectivity index (χ0v) is 37.3. The molecule has 3 amide bonds. The highest BCUT2D eigenvalue weighted by Crippen LogP contribution is 2.38. The Morgan fingerprint density at radius 1 is 0.836 bits per heavy atom. The number of rotatable bonds is 13. The molecular weight excluding hydrogens is 812 g/mol. The van der Waals surface area contributed by atoms with Crippen LogP contribution in [0.1, 0.15) is 77.0 Å². The molecule has 2 aromatic carbocycles. The van der Waals surface area contributed by atoms with E-state index in [9.17, 15) is 13.8 Å². The molecule has 0 saturated carbocycles. The van der Waals surface area contributed by atoms with Crippen molar-refractivity contribution in [1.82, 2.24) is 30.1 Å². The van der Waals surface area contributed by atoms with Gasteiger partial charge in [0.2, 0.25) is 11.9 Å². The number of amides is 3. The maximum atomic E-state index is 13.0. The number of ether oxygens (including phenoxy) is 1. The van der Waals surface area contributed by atoms with Gasteiger partial charge in [-0.25, -0.2) is 14.8 Å². The number of likely N-dealkylation sites (tertiary alicyclic amines) is 2. The second kappa shape index (κ2) is 18.6. The molecule has 61 heavy (non-hydrogen) atoms. The van der Waals surface area contributed by atoms with E-state index in [1.165, 1.54) is 17.4 Å². The van der Waals surface area contributed by atoms with Gasteiger partial charge in [-0.05, 0) is 113 Å². The van der Waals surface area contributed by atoms with Crippen molar-refractivity contribution in [1.29, 1.82) is 0 Å². The maximum Gasteiger partial charge on any atom is 0.328 e. The second-order valence-electron chi connectivity index (χ2n) is 17.1. The quantitative estimate of drug-likeness (QED) is 0.122. The smallest absolute Gasteiger partial charge is 0.328 e. The highest BCUT2D eigenvalue weighted by atomic mass is 35.5. The van der Waals surface area contributed by atoms with Crippen molar-refractivity contribution in [3.05, 3.63) is 77.1 Å². The number of nitrogens with zero attached hydrogens (tertiary/aromatic N) is 7. The Morgan fingerprint density at radius 3 is 2.23 bits per heavy atom. The molecule has 0 radical (unpaired) electrons. The minimum absolute atomic E-state index is 0.0476. The van der Waals surface area contributed by atoms with Gasteiger partial charge in [-0.15, -0.1) is 0 Å². The number of anilines is 6. The summed E-state index contributed by atoms with van der Waals surface area (Å²) in [5.74, 6) is 2.08. The van der Waals surface area contributed by atoms with Crippen molar-refractivity contribution in [3.8, 4) is 5.75 Å². The monoisotopic (exact) mass is 868 g/mol. The van der Waals surface area contributed by atoms with E-state index in [0.29, 0.717) is 69.9 Å². The summed E-state index contributed by atoms with van der Waals surface area (Å²) in [5, 5.41) is 9.27. The summed E-state index contributed by atoms with van der Waals surface area (Å²) < 4.78 is 19.4. The van der Waals surface area contributed by atoms with Crippen LogP contribution < -0.4 is 30.5 Å². The van der Waals surface area contributed by atoms with Crippen LogP contribution in [0.2, 0.25) is 5.02 Å². The van der Waals surface area contributed by atoms with Crippen LogP contribution in [0.5, 0.6) is 5.75 Å². The lowest BCUT2D eigenvalue weighted by molar-refractivity contribution is -0.120. The molecule has 1 atom stereocenters. The molecule has 8 rings (SSSR count). The summed E-state index contributed by atoms with van der Waals surface area (Å²) in [4.78, 5) is 48.1. The van der Waals surface area contributed by atoms with Crippen molar-refractivity contribution < 1.29 is 18.5 Å². The average Bonchev–Trinajstić information content (AvgIpc) is 3.23. The number of aromatic nitrogens is 3. The molecule has 4 saturated heterocycles. The predicted molar refractivity (Wildman–Crippen MR) is 242 cm³/mol. The molecule has 16 heteroatoms. The highest BCUT2D eigenvalue weighted by Gasteiger charge is 2.39. The molecule has 324 valence electrons. The summed E-state index contributed by atoms with van der Waals surface area (Å²) in [5.41, 5.74) is 4.85. The number of carbonyl (C=O) groups excluding carboxylic acids is 2. The number of halogens is 1. The lowest BCUT2D eigenvalue weighted by Crippen LogP contribution is -2.64. The number of aryl methyl sites for hydroxylation is 1. The number of pyridine rings is 1. The minimum Gasteiger partial charge on any atom is -0.487 e. The molecule has 4 aromatic rings. The number of piperidine rings is 2. The molecule has 1 unspecified atom stereocenters. The third-order valence-corrected chi connectivity index (χ3v) is 14.2. The van der Waals surface area contributed by atoms with Crippen molar-refractivity contribution in [2.75, 3.05) is 66.2 Å². The van der Waals surface area contributed by atoms with Crippen LogP contribution in [0.3, 0.4) is 0 Å². The number of urea groups is 1. The van der Waals surface area contributed by atoms with Crippen LogP contribution in [-0.4, -0.2) is 110 Å². The molecule has 6 heterocycles. The topological polar surface area (TPSA) is 148 Å². The molecule has 0 aliphatic carbocycles. The summed E-state index contributed by atoms with van der Waals surface area (Å²) in [6, 6.07) is 18.6. The van der Waals surface area contributed by atoms with Gasteiger partial charge in [0.25, 0.3) is 0 Å². The van der Waals surface area contributed by atoms with Gasteiger partial charge in [-0.3, -0.25) is 29.0 Å². The second-order valence-corrected chi connectivity index (χ2v) is 19.5. The lowest BCUT2D eigenvalue weighted by Gasteiger charge is -2.52. The maximum absolute atomic E-state index is 13.0. The molecule has 4 aliphatic heterocycles. The van der Waals surface area contributed by atoms with Gasteiger partial charge < -0.3 is 20.3 Å². The summed E-state index contributed by atoms with van der Waals surface area (Å²) >= 11 is 6.56. The predicted octanol–water partition coefficient (Wildman–Crippen LogP) is 7.60. The van der Waals surface area contributed by atoms with E-state index >= 15 is 0 Å². The van der Waals surface area contributed by atoms with Gasteiger partial charge in [0, 0.05) is 73.5 Å². The Bertz CT molecular complexity index is 2240. The number of para-hydroxylation sites is 1. The fourth-order valence-corrected chi connectivity index (χ4v) is 10.1. The molecular formula is C45H57ClN10O4S. The molecule has 0 bridgehead atoms. The van der Waals surface area contributed by atoms with Crippen molar-refractivity contribution in [3.63, 3.8) is 0 Å². The summed E-state index contributed by atoms with van der Waals surface area (Å²) in [6.45, 7) is 16.8. The summed E-state index contributed by atoms with van der Waals surface area (Å²) in [6.07, 6.45) is 6.23. The largest absolute Gasteiger partial charge is 0.487 e. The third-order valence-electron chi connectivity index (χ3n) is 12.3. The molecule has 4 fully saturated rings. The van der Waals surface area contributed by atoms with Gasteiger partial charge in [0.05, 0.1) is 33.7 Å². The number of nitrogens with one attached hydrogen (secondary N) is 3. The molecule has 0 spiro atoms. The van der Waals surface area contributed by atoms with E-state index in [1.807, 2.05) is 64.1 Å². The normalized spacial score (nSPS) is 19.3. The van der Waals surface area contributed by atoms with Crippen LogP contribution in [0.15, 0.2) is 65.7 Å². The minimum atomic E-state index is -1.20. The van der Waals surface area contributed by atoms with E-state index in [2.05, 4.69) is 65.7 Å². The number of hydrogen-bond donors (Lipinski definition) is 3. The molecule has 4 aliphatic rings. The number of carbonyl (C=O) groups is 2. The Labute approximate surface area is 366 Å². The Balaban J connectivity index is 0.840. The first-order valence-corrected chi connectivity index (χ1v) is 23.2. The van der Waals surface area contributed by atoms with E-state index in [4.69, 9.17) is 21.3 Å². The standard InChI is InChI=1S/C45H57ClN10O4S/c1-28(2)60-39-24-36(30(5)48-43(39)52-44-47-25-37(46)42(51-44)49-38-8-6-7-9-40(38)61(59)29(3)4)31-14-19-54(20-15-31)35-26-55(27-35)33-16-21-53(22-17-33)32-10-12-34(13-11-32)56-23-18-41(57)50-45(56)58/h6-13,24-25,28-29,31,33,35H,14-23,26-27H2,1-5H3,(H,50,57,58)(H2,47,48,49,51,52). The van der Waals surface area contributed by atoms with Gasteiger partial charge >= 0.3 is 6.03 Å². The van der Waals surface area contributed by atoms with E-state index in [1.54, 1.807) is 4.90 Å². The van der Waals surface area contributed by atoms with Crippen LogP contribution in [0, 0.1) is 6.92 Å². The fraction of sp³-hybridized carbons (Fsp3) is 0.489. The Hall–Kier alpha value is -4.83. The SMILES string of the molecule is Cc1nc(Nc2ncc(Cl)c(Nc3ccccc3S(=O)C(C)C)n2)c(OC(C)C)cc1C1CCN(C2CN(C3CCN(c4ccc(N5CCC(=O)NC5=O)cc4)CC3)C2)CC1. The van der Waals surface area contributed by atoms with Crippen LogP contribution in [-0.2, 0) is 15.6 Å². The Morgan fingerprint density at radius 2 is 1.54 bits per heavy atom.